The van der Waals surface area contributed by atoms with Crippen molar-refractivity contribution in [1.82, 2.24) is 20.5 Å². The number of halogens is 3. The van der Waals surface area contributed by atoms with Crippen molar-refractivity contribution in [2.75, 3.05) is 23.7 Å². The minimum atomic E-state index is -4.57. The van der Waals surface area contributed by atoms with Crippen molar-refractivity contribution >= 4 is 28.4 Å². The molecule has 0 aliphatic carbocycles. The van der Waals surface area contributed by atoms with E-state index in [-0.39, 0.29) is 17.8 Å². The number of hydrogen-bond donors (Lipinski definition) is 5. The van der Waals surface area contributed by atoms with E-state index in [9.17, 15) is 18.0 Å². The lowest BCUT2D eigenvalue weighted by atomic mass is 10.1. The molecule has 0 saturated heterocycles. The Balaban J connectivity index is 1.47. The molecule has 0 saturated carbocycles. The molecule has 2 aromatic heterocycles. The number of hydrogen-bond acceptors (Lipinski definition) is 5. The van der Waals surface area contributed by atoms with Crippen molar-refractivity contribution in [1.29, 1.82) is 0 Å². The van der Waals surface area contributed by atoms with Gasteiger partial charge in [-0.25, -0.2) is 9.78 Å². The topological polar surface area (TPSA) is 121 Å². The summed E-state index contributed by atoms with van der Waals surface area (Å²) in [6.07, 6.45) is -1.28. The Hall–Kier alpha value is -4.40. The summed E-state index contributed by atoms with van der Waals surface area (Å²) in [4.78, 5) is 16.8. The number of benzene rings is 2. The summed E-state index contributed by atoms with van der Waals surface area (Å²) in [5.74, 6) is 6.12. The molecule has 0 aliphatic rings. The zero-order chi connectivity index (χ0) is 26.4. The van der Waals surface area contributed by atoms with E-state index in [0.717, 1.165) is 17.0 Å². The van der Waals surface area contributed by atoms with Gasteiger partial charge in [-0.15, -0.1) is 0 Å². The van der Waals surface area contributed by atoms with Crippen LogP contribution in [0.3, 0.4) is 0 Å². The number of H-pyrrole nitrogens is 1. The number of nitrogens with two attached hydrogens (primary N) is 1. The number of anilines is 2. The molecular formula is C26H24F3N7O. The number of carbonyl (C=O) groups is 1. The summed E-state index contributed by atoms with van der Waals surface area (Å²) in [6.45, 7) is 2.59. The Morgan fingerprint density at radius 3 is 2.57 bits per heavy atom. The van der Waals surface area contributed by atoms with Crippen LogP contribution >= 0.6 is 0 Å². The van der Waals surface area contributed by atoms with Crippen LogP contribution in [0.4, 0.5) is 29.3 Å². The van der Waals surface area contributed by atoms with Gasteiger partial charge in [0.05, 0.1) is 11.8 Å². The summed E-state index contributed by atoms with van der Waals surface area (Å²) in [7, 11) is 0. The summed E-state index contributed by atoms with van der Waals surface area (Å²) < 4.78 is 40.7. The van der Waals surface area contributed by atoms with E-state index in [1.54, 1.807) is 30.6 Å². The van der Waals surface area contributed by atoms with Crippen LogP contribution in [-0.4, -0.2) is 34.3 Å². The van der Waals surface area contributed by atoms with E-state index >= 15 is 0 Å². The number of amides is 2. The van der Waals surface area contributed by atoms with E-state index < -0.39 is 17.8 Å². The molecule has 0 aliphatic heterocycles. The van der Waals surface area contributed by atoms with Crippen LogP contribution in [-0.2, 0) is 12.7 Å². The molecule has 4 rings (SSSR count). The van der Waals surface area contributed by atoms with Crippen molar-refractivity contribution < 1.29 is 18.0 Å². The van der Waals surface area contributed by atoms with Crippen molar-refractivity contribution in [3.63, 3.8) is 0 Å². The largest absolute Gasteiger partial charge is 0.416 e. The maximum Gasteiger partial charge on any atom is 0.416 e. The highest BCUT2D eigenvalue weighted by molar-refractivity contribution is 6.00. The molecule has 2 amide bonds. The zero-order valence-corrected chi connectivity index (χ0v) is 19.8. The van der Waals surface area contributed by atoms with Gasteiger partial charge in [0.15, 0.2) is 5.65 Å². The lowest BCUT2D eigenvalue weighted by Gasteiger charge is -2.16. The lowest BCUT2D eigenvalue weighted by molar-refractivity contribution is -0.138. The fourth-order valence-electron chi connectivity index (χ4n) is 3.57. The molecule has 0 fully saturated rings. The molecule has 2 aromatic carbocycles. The van der Waals surface area contributed by atoms with Gasteiger partial charge in [-0.2, -0.15) is 18.3 Å². The number of aromatic amines is 1. The van der Waals surface area contributed by atoms with Gasteiger partial charge in [-0.3, -0.25) is 5.10 Å². The third-order valence-electron chi connectivity index (χ3n) is 5.44. The summed E-state index contributed by atoms with van der Waals surface area (Å²) in [6, 6.07) is 10.0. The number of urea groups is 1. The minimum Gasteiger partial charge on any atom is -0.329 e. The zero-order valence-electron chi connectivity index (χ0n) is 19.8. The molecule has 11 heteroatoms. The van der Waals surface area contributed by atoms with E-state index in [1.165, 1.54) is 12.1 Å². The fourth-order valence-corrected chi connectivity index (χ4v) is 3.57. The molecule has 0 spiro atoms. The Morgan fingerprint density at radius 2 is 1.81 bits per heavy atom. The number of rotatable bonds is 6. The SMILES string of the molecule is Cc1ccc(NC(=O)Nc2ccc(CNCCN)c(C(F)(F)F)c2)cc1C#Cc1cnc2[nH]ncc2c1. The van der Waals surface area contributed by atoms with Crippen molar-refractivity contribution in [3.8, 4) is 11.8 Å². The highest BCUT2D eigenvalue weighted by Crippen LogP contribution is 2.34. The number of pyridine rings is 1. The predicted octanol–water partition coefficient (Wildman–Crippen LogP) is 4.38. The van der Waals surface area contributed by atoms with E-state index in [4.69, 9.17) is 5.73 Å². The summed E-state index contributed by atoms with van der Waals surface area (Å²) in [5.41, 5.74) is 8.01. The molecule has 4 aromatic rings. The Morgan fingerprint density at radius 1 is 1.05 bits per heavy atom. The Kier molecular flexibility index (Phi) is 7.71. The van der Waals surface area contributed by atoms with Crippen molar-refractivity contribution in [2.24, 2.45) is 5.73 Å². The van der Waals surface area contributed by atoms with Gasteiger partial charge in [0.1, 0.15) is 0 Å². The average molecular weight is 508 g/mol. The van der Waals surface area contributed by atoms with Gasteiger partial charge in [0, 0.05) is 53.7 Å². The highest BCUT2D eigenvalue weighted by atomic mass is 19.4. The number of aryl methyl sites for hydroxylation is 1. The van der Waals surface area contributed by atoms with Gasteiger partial charge in [0.2, 0.25) is 0 Å². The summed E-state index contributed by atoms with van der Waals surface area (Å²) >= 11 is 0. The van der Waals surface area contributed by atoms with E-state index in [0.29, 0.717) is 35.6 Å². The molecule has 37 heavy (non-hydrogen) atoms. The van der Waals surface area contributed by atoms with Gasteiger partial charge >= 0.3 is 12.2 Å². The number of aromatic nitrogens is 3. The molecule has 0 radical (unpaired) electrons. The fraction of sp³-hybridized carbons (Fsp3) is 0.192. The first-order chi connectivity index (χ1) is 17.7. The van der Waals surface area contributed by atoms with E-state index in [1.807, 2.05) is 13.0 Å². The molecule has 0 atom stereocenters. The Bertz CT molecular complexity index is 1490. The molecule has 8 nitrogen and oxygen atoms in total. The molecule has 0 unspecified atom stereocenters. The molecule has 6 N–H and O–H groups in total. The van der Waals surface area contributed by atoms with E-state index in [2.05, 4.69) is 43.0 Å². The van der Waals surface area contributed by atoms with Crippen LogP contribution in [0.25, 0.3) is 11.0 Å². The first kappa shape index (κ1) is 25.7. The second-order valence-corrected chi connectivity index (χ2v) is 8.23. The minimum absolute atomic E-state index is 0.0116. The molecule has 2 heterocycles. The molecular weight excluding hydrogens is 483 g/mol. The van der Waals surface area contributed by atoms with Crippen molar-refractivity contribution in [2.45, 2.75) is 19.6 Å². The Labute approximate surface area is 210 Å². The third-order valence-corrected chi connectivity index (χ3v) is 5.44. The number of nitrogens with one attached hydrogen (secondary N) is 4. The van der Waals surface area contributed by atoms with Crippen LogP contribution in [0.2, 0.25) is 0 Å². The predicted molar refractivity (Wildman–Crippen MR) is 136 cm³/mol. The number of nitrogens with zero attached hydrogens (tertiary/aromatic N) is 2. The number of carbonyl (C=O) groups excluding carboxylic acids is 1. The maximum absolute atomic E-state index is 13.6. The van der Waals surface area contributed by atoms with Crippen LogP contribution in [0.15, 0.2) is 54.9 Å². The first-order valence-corrected chi connectivity index (χ1v) is 11.3. The smallest absolute Gasteiger partial charge is 0.329 e. The van der Waals surface area contributed by atoms with Crippen LogP contribution in [0.1, 0.15) is 27.8 Å². The van der Waals surface area contributed by atoms with Gasteiger partial charge in [-0.1, -0.05) is 24.0 Å². The second-order valence-electron chi connectivity index (χ2n) is 8.23. The quantitative estimate of drug-likeness (QED) is 0.196. The van der Waals surface area contributed by atoms with Gasteiger partial charge in [-0.05, 0) is 48.4 Å². The standard InChI is InChI=1S/C26H24F3N7O/c1-16-2-6-21(11-18(16)4-3-17-10-20-15-33-36-24(20)32-13-17)34-25(37)35-22-7-5-19(14-31-9-8-30)23(12-22)26(27,28)29/h2,5-7,10-13,15,31H,8-9,14,30H2,1H3,(H,32,33,36)(H2,34,35,37). The highest BCUT2D eigenvalue weighted by Gasteiger charge is 2.33. The van der Waals surface area contributed by atoms with Gasteiger partial charge in [0.25, 0.3) is 0 Å². The number of alkyl halides is 3. The van der Waals surface area contributed by atoms with Crippen molar-refractivity contribution in [3.05, 3.63) is 82.7 Å². The maximum atomic E-state index is 13.6. The second kappa shape index (κ2) is 11.1. The normalized spacial score (nSPS) is 11.2. The monoisotopic (exact) mass is 507 g/mol. The summed E-state index contributed by atoms with van der Waals surface area (Å²) in [5, 5.41) is 15.5. The number of fused-ring (bicyclic) bond motifs is 1. The van der Waals surface area contributed by atoms with Crippen LogP contribution in [0, 0.1) is 18.8 Å². The average Bonchev–Trinajstić information content (AvgIpc) is 3.32. The third kappa shape index (κ3) is 6.63. The van der Waals surface area contributed by atoms with Crippen LogP contribution < -0.4 is 21.7 Å². The molecule has 190 valence electrons. The first-order valence-electron chi connectivity index (χ1n) is 11.3. The molecule has 0 bridgehead atoms. The van der Waals surface area contributed by atoms with Gasteiger partial charge < -0.3 is 21.7 Å². The lowest BCUT2D eigenvalue weighted by Crippen LogP contribution is -2.24. The van der Waals surface area contributed by atoms with Crippen LogP contribution in [0.5, 0.6) is 0 Å².